The van der Waals surface area contributed by atoms with Gasteiger partial charge in [0.2, 0.25) is 11.9 Å². The number of benzene rings is 1. The summed E-state index contributed by atoms with van der Waals surface area (Å²) in [5.74, 6) is 1.32. The lowest BCUT2D eigenvalue weighted by Gasteiger charge is -2.44. The number of fused-ring (bicyclic) bond motifs is 1. The van der Waals surface area contributed by atoms with Gasteiger partial charge in [0.05, 0.1) is 19.2 Å². The first-order chi connectivity index (χ1) is 18.7. The van der Waals surface area contributed by atoms with E-state index in [9.17, 15) is 9.59 Å². The van der Waals surface area contributed by atoms with Gasteiger partial charge in [-0.1, -0.05) is 18.2 Å². The molecule has 1 aliphatic rings. The minimum atomic E-state index is -0.219. The van der Waals surface area contributed by atoms with Crippen LogP contribution in [0.2, 0.25) is 5.02 Å². The van der Waals surface area contributed by atoms with Gasteiger partial charge in [-0.25, -0.2) is 4.98 Å². The van der Waals surface area contributed by atoms with Gasteiger partial charge in [-0.15, -0.1) is 0 Å². The number of carbonyl (C=O) groups excluding carboxylic acids is 1. The molecule has 1 amide bonds. The molecule has 39 heavy (non-hydrogen) atoms. The zero-order valence-electron chi connectivity index (χ0n) is 23.0. The molecule has 1 aliphatic heterocycles. The van der Waals surface area contributed by atoms with Crippen molar-refractivity contribution in [2.24, 2.45) is 0 Å². The third-order valence-corrected chi connectivity index (χ3v) is 7.58. The smallest absolute Gasteiger partial charge is 0.260 e. The molecule has 0 bridgehead atoms. The summed E-state index contributed by atoms with van der Waals surface area (Å²) in [6, 6.07) is 5.53. The Morgan fingerprint density at radius 1 is 1.15 bits per heavy atom. The maximum atomic E-state index is 14.0. The number of halogens is 1. The Labute approximate surface area is 233 Å². The third kappa shape index (κ3) is 5.72. The van der Waals surface area contributed by atoms with E-state index < -0.39 is 0 Å². The summed E-state index contributed by atoms with van der Waals surface area (Å²) in [5, 5.41) is 3.98. The lowest BCUT2D eigenvalue weighted by atomic mass is 10.0. The van der Waals surface area contributed by atoms with Crippen molar-refractivity contribution in [2.75, 3.05) is 46.2 Å². The van der Waals surface area contributed by atoms with Gasteiger partial charge in [0.15, 0.2) is 0 Å². The fourth-order valence-electron chi connectivity index (χ4n) is 5.23. The highest BCUT2D eigenvalue weighted by Gasteiger charge is 2.30. The normalized spacial score (nSPS) is 17.7. The number of hydrogen-bond donors (Lipinski definition) is 1. The molecule has 4 rings (SSSR count). The molecule has 3 heterocycles. The highest BCUT2D eigenvalue weighted by Crippen LogP contribution is 2.38. The van der Waals surface area contributed by atoms with Crippen LogP contribution in [0.3, 0.4) is 0 Å². The van der Waals surface area contributed by atoms with Crippen LogP contribution < -0.4 is 20.3 Å². The molecule has 0 saturated carbocycles. The number of piperazine rings is 1. The van der Waals surface area contributed by atoms with Crippen LogP contribution in [-0.4, -0.2) is 83.2 Å². The number of hydrogen-bond acceptors (Lipinski definition) is 8. The van der Waals surface area contributed by atoms with E-state index >= 15 is 0 Å². The average Bonchev–Trinajstić information content (AvgIpc) is 2.94. The van der Waals surface area contributed by atoms with Crippen LogP contribution in [0.15, 0.2) is 41.8 Å². The number of carbonyl (C=O) groups is 1. The minimum Gasteiger partial charge on any atom is -0.497 e. The van der Waals surface area contributed by atoms with E-state index in [1.807, 2.05) is 4.90 Å². The third-order valence-electron chi connectivity index (χ3n) is 7.19. The van der Waals surface area contributed by atoms with Gasteiger partial charge in [0.1, 0.15) is 17.1 Å². The van der Waals surface area contributed by atoms with Crippen LogP contribution in [0.4, 0.5) is 5.95 Å². The maximum Gasteiger partial charge on any atom is 0.260 e. The first-order valence-electron chi connectivity index (χ1n) is 12.9. The SMILES string of the molecule is C=CC(=O)N1C[C@@H](C)N(CCCn2c(=O)c(-c3cc(OC)cc(OC)c3Cl)cc3cnc(NC)nc32)[C@@H](C)C1. The van der Waals surface area contributed by atoms with Crippen LogP contribution in [0.5, 0.6) is 11.5 Å². The molecule has 0 radical (unpaired) electrons. The van der Waals surface area contributed by atoms with Crippen LogP contribution in [-0.2, 0) is 11.3 Å². The monoisotopic (exact) mass is 554 g/mol. The fraction of sp³-hybridized carbons (Fsp3) is 0.429. The van der Waals surface area contributed by atoms with Crippen molar-refractivity contribution in [2.45, 2.75) is 38.9 Å². The van der Waals surface area contributed by atoms with Crippen molar-refractivity contribution < 1.29 is 14.3 Å². The lowest BCUT2D eigenvalue weighted by Crippen LogP contribution is -2.58. The van der Waals surface area contributed by atoms with Gasteiger partial charge in [-0.2, -0.15) is 4.98 Å². The van der Waals surface area contributed by atoms with Crippen molar-refractivity contribution in [3.8, 4) is 22.6 Å². The van der Waals surface area contributed by atoms with Crippen LogP contribution in [0.1, 0.15) is 20.3 Å². The zero-order valence-corrected chi connectivity index (χ0v) is 23.8. The number of methoxy groups -OCH3 is 2. The number of ether oxygens (including phenoxy) is 2. The molecule has 3 aromatic rings. The number of aromatic nitrogens is 3. The van der Waals surface area contributed by atoms with Gasteiger partial charge < -0.3 is 19.7 Å². The van der Waals surface area contributed by atoms with Crippen molar-refractivity contribution in [1.82, 2.24) is 24.3 Å². The number of rotatable bonds is 9. The Morgan fingerprint density at radius 2 is 1.87 bits per heavy atom. The molecular weight excluding hydrogens is 520 g/mol. The zero-order chi connectivity index (χ0) is 28.3. The van der Waals surface area contributed by atoms with Gasteiger partial charge in [0, 0.05) is 74.1 Å². The van der Waals surface area contributed by atoms with E-state index in [1.54, 1.807) is 43.1 Å². The molecule has 0 aliphatic carbocycles. The second-order valence-electron chi connectivity index (χ2n) is 9.67. The standard InChI is InChI=1S/C28H35ClN6O4/c1-7-24(36)33-15-17(2)34(18(3)16-33)9-8-10-35-26-19(14-31-28(30-4)32-26)11-22(27(35)37)21-12-20(38-5)13-23(39-6)25(21)29/h7,11-14,17-18H,1,8-10,15-16H2,2-6H3,(H,30,31,32)/t17-,18+. The molecule has 11 heteroatoms. The highest BCUT2D eigenvalue weighted by atomic mass is 35.5. The fourth-order valence-corrected chi connectivity index (χ4v) is 5.52. The molecule has 2 aromatic heterocycles. The van der Waals surface area contributed by atoms with E-state index in [0.717, 1.165) is 6.54 Å². The number of amides is 1. The van der Waals surface area contributed by atoms with E-state index in [4.69, 9.17) is 21.1 Å². The van der Waals surface area contributed by atoms with E-state index in [-0.39, 0.29) is 23.6 Å². The molecule has 0 unspecified atom stereocenters. The summed E-state index contributed by atoms with van der Waals surface area (Å²) >= 11 is 6.67. The summed E-state index contributed by atoms with van der Waals surface area (Å²) in [5.41, 5.74) is 1.24. The molecular formula is C28H35ClN6O4. The second kappa shape index (κ2) is 12.0. The Kier molecular flexibility index (Phi) is 8.76. The minimum absolute atomic E-state index is 0.0453. The molecule has 0 spiro atoms. The number of anilines is 1. The van der Waals surface area contributed by atoms with E-state index in [0.29, 0.717) is 70.7 Å². The largest absolute Gasteiger partial charge is 0.497 e. The van der Waals surface area contributed by atoms with Crippen LogP contribution >= 0.6 is 11.6 Å². The first-order valence-corrected chi connectivity index (χ1v) is 13.3. The molecule has 2 atom stereocenters. The molecule has 1 N–H and O–H groups in total. The second-order valence-corrected chi connectivity index (χ2v) is 10.0. The lowest BCUT2D eigenvalue weighted by molar-refractivity contribution is -0.130. The first kappa shape index (κ1) is 28.4. The van der Waals surface area contributed by atoms with Gasteiger partial charge in [0.25, 0.3) is 5.56 Å². The van der Waals surface area contributed by atoms with Crippen molar-refractivity contribution in [1.29, 1.82) is 0 Å². The molecule has 1 saturated heterocycles. The Hall–Kier alpha value is -3.63. The predicted molar refractivity (Wildman–Crippen MR) is 154 cm³/mol. The molecule has 1 fully saturated rings. The number of aryl methyl sites for hydroxylation is 1. The van der Waals surface area contributed by atoms with E-state index in [1.165, 1.54) is 13.2 Å². The Balaban J connectivity index is 1.70. The van der Waals surface area contributed by atoms with Crippen LogP contribution in [0, 0.1) is 0 Å². The summed E-state index contributed by atoms with van der Waals surface area (Å²) in [7, 11) is 4.80. The quantitative estimate of drug-likeness (QED) is 0.400. The summed E-state index contributed by atoms with van der Waals surface area (Å²) < 4.78 is 12.5. The van der Waals surface area contributed by atoms with Crippen molar-refractivity contribution in [3.63, 3.8) is 0 Å². The van der Waals surface area contributed by atoms with Crippen molar-refractivity contribution >= 4 is 34.5 Å². The predicted octanol–water partition coefficient (Wildman–Crippen LogP) is 3.67. The topological polar surface area (TPSA) is 102 Å². The summed E-state index contributed by atoms with van der Waals surface area (Å²) in [4.78, 5) is 39.3. The molecule has 10 nitrogen and oxygen atoms in total. The molecule has 1 aromatic carbocycles. The molecule has 208 valence electrons. The van der Waals surface area contributed by atoms with Crippen LogP contribution in [0.25, 0.3) is 22.2 Å². The number of pyridine rings is 1. The van der Waals surface area contributed by atoms with Crippen molar-refractivity contribution in [3.05, 3.63) is 52.4 Å². The van der Waals surface area contributed by atoms with E-state index in [2.05, 4.69) is 40.6 Å². The van der Waals surface area contributed by atoms with Gasteiger partial charge >= 0.3 is 0 Å². The highest BCUT2D eigenvalue weighted by molar-refractivity contribution is 6.35. The van der Waals surface area contributed by atoms with Gasteiger partial charge in [-0.05, 0) is 38.5 Å². The Bertz CT molecular complexity index is 1430. The maximum absolute atomic E-state index is 14.0. The summed E-state index contributed by atoms with van der Waals surface area (Å²) in [6.45, 7) is 10.3. The summed E-state index contributed by atoms with van der Waals surface area (Å²) in [6.07, 6.45) is 3.76. The average molecular weight is 555 g/mol. The number of nitrogens with one attached hydrogen (secondary N) is 1. The Morgan fingerprint density at radius 3 is 2.49 bits per heavy atom. The van der Waals surface area contributed by atoms with Gasteiger partial charge in [-0.3, -0.25) is 19.1 Å². The number of nitrogens with zero attached hydrogens (tertiary/aromatic N) is 5.